The third-order valence-electron chi connectivity index (χ3n) is 1.25. The second-order valence-electron chi connectivity index (χ2n) is 1.84. The molecule has 0 aliphatic carbocycles. The van der Waals surface area contributed by atoms with E-state index in [9.17, 15) is 0 Å². The highest BCUT2D eigenvalue weighted by Crippen LogP contribution is 1.79. The van der Waals surface area contributed by atoms with Gasteiger partial charge in [0.25, 0.3) is 0 Å². The van der Waals surface area contributed by atoms with Crippen molar-refractivity contribution in [2.75, 3.05) is 0 Å². The molecule has 0 aliphatic heterocycles. The Kier molecular flexibility index (Phi) is 3.97. The van der Waals surface area contributed by atoms with Crippen LogP contribution < -0.4 is 5.19 Å². The molecule has 0 aromatic heterocycles. The largest absolute Gasteiger partial charge is 0.269 e. The van der Waals surface area contributed by atoms with Crippen molar-refractivity contribution >= 4 is 14.7 Å². The summed E-state index contributed by atoms with van der Waals surface area (Å²) in [5.41, 5.74) is 0. The summed E-state index contributed by atoms with van der Waals surface area (Å²) < 4.78 is 0. The molecule has 0 atom stereocenters. The van der Waals surface area contributed by atoms with E-state index >= 15 is 0 Å². The van der Waals surface area contributed by atoms with Crippen LogP contribution in [0.5, 0.6) is 0 Å². The normalized spacial score (nSPS) is 9.44. The summed E-state index contributed by atoms with van der Waals surface area (Å²) in [7, 11) is 0.0913. The van der Waals surface area contributed by atoms with Gasteiger partial charge in [-0.1, -0.05) is 42.1 Å². The molecule has 0 unspecified atom stereocenters. The maximum absolute atomic E-state index is 2.30. The fourth-order valence-corrected chi connectivity index (χ4v) is 1.46. The fraction of sp³-hybridized carbons (Fsp3) is 0.143. The van der Waals surface area contributed by atoms with Crippen LogP contribution in [0, 0.1) is 0 Å². The van der Waals surface area contributed by atoms with Gasteiger partial charge in [-0.2, -0.15) is 0 Å². The topological polar surface area (TPSA) is 0 Å². The minimum atomic E-state index is 0. The lowest BCUT2D eigenvalue weighted by Crippen LogP contribution is -2.07. The molecule has 9 heavy (non-hydrogen) atoms. The molecule has 0 N–H and O–H groups in total. The second kappa shape index (κ2) is 4.27. The first-order chi connectivity index (χ1) is 3.93. The summed E-state index contributed by atoms with van der Waals surface area (Å²) in [6.07, 6.45) is 0. The van der Waals surface area contributed by atoms with Gasteiger partial charge in [0.05, 0.1) is 9.52 Å². The third-order valence-corrected chi connectivity index (χ3v) is 2.54. The Morgan fingerprint density at radius 1 is 1.11 bits per heavy atom. The number of rotatable bonds is 1. The lowest BCUT2D eigenvalue weighted by atomic mass is 10.4. The monoisotopic (exact) mass is 142 g/mol. The van der Waals surface area contributed by atoms with Gasteiger partial charge in [-0.15, -0.1) is 0 Å². The van der Waals surface area contributed by atoms with Crippen LogP contribution in [0.1, 0.15) is 0 Å². The van der Waals surface area contributed by atoms with Crippen molar-refractivity contribution in [1.29, 1.82) is 0 Å². The maximum atomic E-state index is 2.30. The van der Waals surface area contributed by atoms with Crippen LogP contribution in [-0.2, 0) is 0 Å². The molecule has 0 saturated heterocycles. The van der Waals surface area contributed by atoms with Gasteiger partial charge < -0.3 is 0 Å². The predicted molar refractivity (Wildman–Crippen MR) is 43.0 cm³/mol. The zero-order chi connectivity index (χ0) is 5.82. The van der Waals surface area contributed by atoms with Gasteiger partial charge in [-0.25, -0.2) is 0 Å². The van der Waals surface area contributed by atoms with Crippen LogP contribution in [-0.4, -0.2) is 9.52 Å². The van der Waals surface area contributed by atoms with Crippen molar-refractivity contribution in [3.05, 3.63) is 30.3 Å². The first-order valence-corrected chi connectivity index (χ1v) is 5.09. The first-order valence-electron chi connectivity index (χ1n) is 2.97. The smallest absolute Gasteiger partial charge is 0.0516 e. The maximum Gasteiger partial charge on any atom is 0.0516 e. The van der Waals surface area contributed by atoms with Crippen molar-refractivity contribution in [1.82, 2.24) is 0 Å². The molecule has 0 heterocycles. The molecular formula is C7H11FSi. The van der Waals surface area contributed by atoms with Crippen LogP contribution >= 0.6 is 0 Å². The van der Waals surface area contributed by atoms with Gasteiger partial charge in [-0.3, -0.25) is 4.70 Å². The predicted octanol–water partition coefficient (Wildman–Crippen LogP) is 0.681. The Labute approximate surface area is 57.1 Å². The van der Waals surface area contributed by atoms with Crippen LogP contribution in [0.25, 0.3) is 0 Å². The van der Waals surface area contributed by atoms with Gasteiger partial charge in [-0.05, 0) is 0 Å². The van der Waals surface area contributed by atoms with Crippen LogP contribution in [0.15, 0.2) is 30.3 Å². The zero-order valence-electron chi connectivity index (χ0n) is 5.50. The van der Waals surface area contributed by atoms with E-state index in [0.717, 1.165) is 0 Å². The van der Waals surface area contributed by atoms with E-state index in [4.69, 9.17) is 0 Å². The van der Waals surface area contributed by atoms with Crippen molar-refractivity contribution in [2.24, 2.45) is 0 Å². The van der Waals surface area contributed by atoms with Crippen molar-refractivity contribution in [2.45, 2.75) is 6.55 Å². The lowest BCUT2D eigenvalue weighted by molar-refractivity contribution is 1.11. The van der Waals surface area contributed by atoms with Crippen molar-refractivity contribution < 1.29 is 4.70 Å². The molecular weight excluding hydrogens is 131 g/mol. The quantitative estimate of drug-likeness (QED) is 0.506. The average molecular weight is 142 g/mol. The summed E-state index contributed by atoms with van der Waals surface area (Å²) in [6.45, 7) is 2.30. The van der Waals surface area contributed by atoms with E-state index in [2.05, 4.69) is 36.9 Å². The van der Waals surface area contributed by atoms with E-state index in [1.807, 2.05) is 0 Å². The van der Waals surface area contributed by atoms with E-state index < -0.39 is 0 Å². The summed E-state index contributed by atoms with van der Waals surface area (Å²) >= 11 is 0. The Hall–Kier alpha value is -0.633. The SMILES string of the molecule is C[SiH2]c1ccccc1.F. The summed E-state index contributed by atoms with van der Waals surface area (Å²) in [4.78, 5) is 0. The van der Waals surface area contributed by atoms with Gasteiger partial charge >= 0.3 is 0 Å². The lowest BCUT2D eigenvalue weighted by Gasteiger charge is -1.89. The van der Waals surface area contributed by atoms with Gasteiger partial charge in [0, 0.05) is 0 Å². The standard InChI is InChI=1S/C7H10Si.FH/c1-8-7-5-3-2-4-6-7;/h2-6H,8H2,1H3;1H. The molecule has 0 spiro atoms. The van der Waals surface area contributed by atoms with E-state index in [-0.39, 0.29) is 14.2 Å². The number of halogens is 1. The molecule has 0 nitrogen and oxygen atoms in total. The molecule has 0 bridgehead atoms. The second-order valence-corrected chi connectivity index (χ2v) is 3.36. The van der Waals surface area contributed by atoms with Gasteiger partial charge in [0.15, 0.2) is 0 Å². The fourth-order valence-electron chi connectivity index (χ4n) is 0.714. The zero-order valence-corrected chi connectivity index (χ0v) is 6.92. The molecule has 0 radical (unpaired) electrons. The van der Waals surface area contributed by atoms with E-state index in [1.165, 1.54) is 0 Å². The molecule has 50 valence electrons. The van der Waals surface area contributed by atoms with Crippen LogP contribution in [0.4, 0.5) is 4.70 Å². The van der Waals surface area contributed by atoms with Crippen LogP contribution in [0.2, 0.25) is 6.55 Å². The molecule has 0 amide bonds. The highest BCUT2D eigenvalue weighted by Gasteiger charge is 1.80. The molecule has 0 aliphatic rings. The molecule has 1 rings (SSSR count). The van der Waals surface area contributed by atoms with Crippen LogP contribution in [0.3, 0.4) is 0 Å². The highest BCUT2D eigenvalue weighted by molar-refractivity contribution is 6.51. The average Bonchev–Trinajstić information content (AvgIpc) is 1.90. The summed E-state index contributed by atoms with van der Waals surface area (Å²) in [5.74, 6) is 0. The Morgan fingerprint density at radius 3 is 2.00 bits per heavy atom. The first kappa shape index (κ1) is 8.37. The summed E-state index contributed by atoms with van der Waals surface area (Å²) in [5, 5.41) is 1.55. The molecule has 1 aromatic carbocycles. The molecule has 2 heteroatoms. The number of hydrogen-bond acceptors (Lipinski definition) is 0. The Bertz CT molecular complexity index is 150. The Balaban J connectivity index is 0.000000640. The van der Waals surface area contributed by atoms with Gasteiger partial charge in [0.1, 0.15) is 0 Å². The van der Waals surface area contributed by atoms with E-state index in [1.54, 1.807) is 5.19 Å². The number of hydrogen-bond donors (Lipinski definition) is 0. The molecule has 1 aromatic rings. The van der Waals surface area contributed by atoms with Gasteiger partial charge in [0.2, 0.25) is 0 Å². The highest BCUT2D eigenvalue weighted by atomic mass is 28.2. The minimum Gasteiger partial charge on any atom is -0.269 e. The summed E-state index contributed by atoms with van der Waals surface area (Å²) in [6, 6.07) is 10.7. The Morgan fingerprint density at radius 2 is 1.67 bits per heavy atom. The molecule has 0 fully saturated rings. The third kappa shape index (κ3) is 2.42. The van der Waals surface area contributed by atoms with E-state index in [0.29, 0.717) is 0 Å². The molecule has 0 saturated carbocycles. The van der Waals surface area contributed by atoms with Crippen molar-refractivity contribution in [3.8, 4) is 0 Å². The van der Waals surface area contributed by atoms with Crippen molar-refractivity contribution in [3.63, 3.8) is 0 Å². The number of benzene rings is 1. The minimum absolute atomic E-state index is 0.